The highest BCUT2D eigenvalue weighted by atomic mass is 16.5. The van der Waals surface area contributed by atoms with Crippen LogP contribution in [0.5, 0.6) is 0 Å². The van der Waals surface area contributed by atoms with Gasteiger partial charge in [0.15, 0.2) is 0 Å². The first-order valence-electron chi connectivity index (χ1n) is 10.7. The Balaban J connectivity index is 1.48. The lowest BCUT2D eigenvalue weighted by Crippen LogP contribution is -2.46. The standard InChI is InChI=1S/C26H24N2O5/c1-16(25(30)31)27-24(29)23(17-9-3-2-4-10-17)28-26(32)33-15-22-20-13-7-5-11-18(20)19-12-6-8-14-21(19)22/h2-14,16,22-23H,15H2,1H3,(H,27,29)(H,28,32)(H,30,31)/t16-,23?/m0/s1. The molecule has 3 aromatic carbocycles. The summed E-state index contributed by atoms with van der Waals surface area (Å²) >= 11 is 0. The number of carboxylic acids is 1. The summed E-state index contributed by atoms with van der Waals surface area (Å²) in [5.74, 6) is -1.92. The average Bonchev–Trinajstić information content (AvgIpc) is 3.15. The van der Waals surface area contributed by atoms with Crippen molar-refractivity contribution in [3.05, 3.63) is 95.6 Å². The number of nitrogens with one attached hydrogen (secondary N) is 2. The molecule has 3 aromatic rings. The molecular weight excluding hydrogens is 420 g/mol. The number of carboxylic acid groups (broad SMARTS) is 1. The molecule has 1 aliphatic carbocycles. The van der Waals surface area contributed by atoms with Crippen LogP contribution in [0.2, 0.25) is 0 Å². The van der Waals surface area contributed by atoms with Gasteiger partial charge in [-0.1, -0.05) is 78.9 Å². The van der Waals surface area contributed by atoms with E-state index in [1.54, 1.807) is 30.3 Å². The summed E-state index contributed by atoms with van der Waals surface area (Å²) < 4.78 is 5.55. The van der Waals surface area contributed by atoms with Gasteiger partial charge >= 0.3 is 12.1 Å². The van der Waals surface area contributed by atoms with E-state index >= 15 is 0 Å². The number of ether oxygens (including phenoxy) is 1. The highest BCUT2D eigenvalue weighted by Gasteiger charge is 2.30. The molecule has 168 valence electrons. The van der Waals surface area contributed by atoms with Crippen LogP contribution in [-0.4, -0.2) is 35.7 Å². The van der Waals surface area contributed by atoms with E-state index in [9.17, 15) is 14.4 Å². The molecule has 3 N–H and O–H groups in total. The number of carbonyl (C=O) groups excluding carboxylic acids is 2. The van der Waals surface area contributed by atoms with Crippen LogP contribution >= 0.6 is 0 Å². The molecule has 0 spiro atoms. The Hall–Kier alpha value is -4.13. The molecule has 7 heteroatoms. The van der Waals surface area contributed by atoms with E-state index in [1.807, 2.05) is 48.5 Å². The second-order valence-corrected chi connectivity index (χ2v) is 7.88. The van der Waals surface area contributed by atoms with Crippen LogP contribution in [0.4, 0.5) is 4.79 Å². The summed E-state index contributed by atoms with van der Waals surface area (Å²) in [4.78, 5) is 36.6. The molecule has 2 amide bonds. The lowest BCUT2D eigenvalue weighted by atomic mass is 9.98. The van der Waals surface area contributed by atoms with Crippen molar-refractivity contribution >= 4 is 18.0 Å². The second-order valence-electron chi connectivity index (χ2n) is 7.88. The maximum atomic E-state index is 12.7. The maximum Gasteiger partial charge on any atom is 0.408 e. The van der Waals surface area contributed by atoms with Crippen LogP contribution in [0, 0.1) is 0 Å². The van der Waals surface area contributed by atoms with Gasteiger partial charge in [0.1, 0.15) is 18.7 Å². The van der Waals surface area contributed by atoms with Gasteiger partial charge in [-0.25, -0.2) is 4.79 Å². The molecule has 0 aliphatic heterocycles. The van der Waals surface area contributed by atoms with Crippen molar-refractivity contribution in [2.24, 2.45) is 0 Å². The largest absolute Gasteiger partial charge is 0.480 e. The van der Waals surface area contributed by atoms with Crippen LogP contribution in [0.3, 0.4) is 0 Å². The third kappa shape index (κ3) is 4.72. The fourth-order valence-electron chi connectivity index (χ4n) is 4.06. The van der Waals surface area contributed by atoms with E-state index < -0.39 is 30.1 Å². The van der Waals surface area contributed by atoms with E-state index in [2.05, 4.69) is 10.6 Å². The lowest BCUT2D eigenvalue weighted by molar-refractivity contribution is -0.141. The molecule has 7 nitrogen and oxygen atoms in total. The summed E-state index contributed by atoms with van der Waals surface area (Å²) in [6.07, 6.45) is -0.760. The Morgan fingerprint density at radius 1 is 0.848 bits per heavy atom. The molecule has 0 aromatic heterocycles. The Kier molecular flexibility index (Phi) is 6.40. The number of amides is 2. The van der Waals surface area contributed by atoms with Gasteiger partial charge in [-0.2, -0.15) is 0 Å². The zero-order valence-corrected chi connectivity index (χ0v) is 18.0. The molecule has 0 saturated heterocycles. The quantitative estimate of drug-likeness (QED) is 0.513. The number of fused-ring (bicyclic) bond motifs is 3. The summed E-state index contributed by atoms with van der Waals surface area (Å²) in [5, 5.41) is 14.1. The highest BCUT2D eigenvalue weighted by molar-refractivity contribution is 5.90. The molecule has 1 aliphatic rings. The first kappa shape index (κ1) is 22.1. The van der Waals surface area contributed by atoms with Crippen molar-refractivity contribution in [2.45, 2.75) is 24.9 Å². The SMILES string of the molecule is C[C@H](NC(=O)C(NC(=O)OCC1c2ccccc2-c2ccccc21)c1ccccc1)C(=O)O. The van der Waals surface area contributed by atoms with E-state index in [1.165, 1.54) is 6.92 Å². The van der Waals surface area contributed by atoms with Crippen LogP contribution in [0.15, 0.2) is 78.9 Å². The Morgan fingerprint density at radius 2 is 1.39 bits per heavy atom. The summed E-state index contributed by atoms with van der Waals surface area (Å²) in [7, 11) is 0. The zero-order chi connectivity index (χ0) is 23.4. The Labute approximate surface area is 191 Å². The van der Waals surface area contributed by atoms with Crippen molar-refractivity contribution in [2.75, 3.05) is 6.61 Å². The molecule has 0 saturated carbocycles. The number of benzene rings is 3. The minimum Gasteiger partial charge on any atom is -0.480 e. The van der Waals surface area contributed by atoms with E-state index in [0.717, 1.165) is 22.3 Å². The lowest BCUT2D eigenvalue weighted by Gasteiger charge is -2.21. The van der Waals surface area contributed by atoms with Crippen LogP contribution in [0.25, 0.3) is 11.1 Å². The number of hydrogen-bond donors (Lipinski definition) is 3. The topological polar surface area (TPSA) is 105 Å². The summed E-state index contributed by atoms with van der Waals surface area (Å²) in [6.45, 7) is 1.46. The van der Waals surface area contributed by atoms with E-state index in [-0.39, 0.29) is 12.5 Å². The average molecular weight is 444 g/mol. The smallest absolute Gasteiger partial charge is 0.408 e. The zero-order valence-electron chi connectivity index (χ0n) is 18.0. The van der Waals surface area contributed by atoms with Gasteiger partial charge in [-0.05, 0) is 34.7 Å². The number of rotatable bonds is 7. The van der Waals surface area contributed by atoms with E-state index in [0.29, 0.717) is 5.56 Å². The van der Waals surface area contributed by atoms with Crippen molar-refractivity contribution in [1.82, 2.24) is 10.6 Å². The fraction of sp³-hybridized carbons (Fsp3) is 0.192. The molecule has 4 rings (SSSR count). The minimum atomic E-state index is -1.17. The van der Waals surface area contributed by atoms with Crippen molar-refractivity contribution in [3.63, 3.8) is 0 Å². The Morgan fingerprint density at radius 3 is 1.97 bits per heavy atom. The third-order valence-corrected chi connectivity index (χ3v) is 5.73. The van der Waals surface area contributed by atoms with Gasteiger partial charge in [0.05, 0.1) is 0 Å². The predicted octanol–water partition coefficient (Wildman–Crippen LogP) is 3.86. The molecule has 1 unspecified atom stereocenters. The predicted molar refractivity (Wildman–Crippen MR) is 123 cm³/mol. The Bertz CT molecular complexity index is 1130. The van der Waals surface area contributed by atoms with Gasteiger partial charge in [0.2, 0.25) is 5.91 Å². The fourth-order valence-corrected chi connectivity index (χ4v) is 4.06. The monoisotopic (exact) mass is 444 g/mol. The molecule has 2 atom stereocenters. The normalized spacial score (nSPS) is 13.8. The highest BCUT2D eigenvalue weighted by Crippen LogP contribution is 2.44. The number of hydrogen-bond acceptors (Lipinski definition) is 4. The minimum absolute atomic E-state index is 0.106. The van der Waals surface area contributed by atoms with Crippen LogP contribution in [0.1, 0.15) is 35.6 Å². The summed E-state index contributed by atoms with van der Waals surface area (Å²) in [6, 6.07) is 22.4. The van der Waals surface area contributed by atoms with Gasteiger partial charge in [-0.3, -0.25) is 9.59 Å². The summed E-state index contributed by atoms with van der Waals surface area (Å²) in [5.41, 5.74) is 4.91. The van der Waals surface area contributed by atoms with Crippen molar-refractivity contribution < 1.29 is 24.2 Å². The van der Waals surface area contributed by atoms with Crippen molar-refractivity contribution in [3.8, 4) is 11.1 Å². The molecular formula is C26H24N2O5. The molecule has 33 heavy (non-hydrogen) atoms. The number of carbonyl (C=O) groups is 3. The third-order valence-electron chi connectivity index (χ3n) is 5.73. The van der Waals surface area contributed by atoms with Gasteiger partial charge in [0.25, 0.3) is 0 Å². The first-order valence-corrected chi connectivity index (χ1v) is 10.7. The van der Waals surface area contributed by atoms with Crippen molar-refractivity contribution in [1.29, 1.82) is 0 Å². The molecule has 0 fully saturated rings. The van der Waals surface area contributed by atoms with Gasteiger partial charge in [0, 0.05) is 5.92 Å². The van der Waals surface area contributed by atoms with Gasteiger partial charge < -0.3 is 20.5 Å². The second kappa shape index (κ2) is 9.56. The first-order chi connectivity index (χ1) is 16.0. The van der Waals surface area contributed by atoms with Crippen LogP contribution < -0.4 is 10.6 Å². The molecule has 0 bridgehead atoms. The maximum absolute atomic E-state index is 12.7. The molecule has 0 heterocycles. The number of aliphatic carboxylic acids is 1. The molecule has 0 radical (unpaired) electrons. The van der Waals surface area contributed by atoms with E-state index in [4.69, 9.17) is 9.84 Å². The number of alkyl carbamates (subject to hydrolysis) is 1. The van der Waals surface area contributed by atoms with Crippen LogP contribution in [-0.2, 0) is 14.3 Å². The van der Waals surface area contributed by atoms with Gasteiger partial charge in [-0.15, -0.1) is 0 Å².